The van der Waals surface area contributed by atoms with E-state index in [0.717, 1.165) is 11.3 Å². The van der Waals surface area contributed by atoms with Crippen LogP contribution in [0.2, 0.25) is 0 Å². The monoisotopic (exact) mass is 220 g/mol. The van der Waals surface area contributed by atoms with Crippen molar-refractivity contribution < 1.29 is 4.79 Å². The Morgan fingerprint density at radius 2 is 2.00 bits per heavy atom. The first-order chi connectivity index (χ1) is 7.25. The largest absolute Gasteiger partial charge is 0.307 e. The quantitative estimate of drug-likeness (QED) is 0.809. The molecule has 1 aromatic carbocycles. The molecule has 0 saturated heterocycles. The number of amides is 1. The minimum Gasteiger partial charge on any atom is -0.307 e. The topological polar surface area (TPSA) is 62.0 Å². The van der Waals surface area contributed by atoms with Gasteiger partial charge in [-0.25, -0.2) is 0 Å². The highest BCUT2D eigenvalue weighted by atomic mass is 32.1. The van der Waals surface area contributed by atoms with Gasteiger partial charge in [0.05, 0.1) is 0 Å². The van der Waals surface area contributed by atoms with Crippen LogP contribution in [0, 0.1) is 0 Å². The Hall–Kier alpha value is -1.88. The van der Waals surface area contributed by atoms with Gasteiger partial charge in [-0.3, -0.25) is 14.6 Å². The Bertz CT molecular complexity index is 515. The van der Waals surface area contributed by atoms with Crippen molar-refractivity contribution in [2.24, 2.45) is 0 Å². The van der Waals surface area contributed by atoms with E-state index in [1.54, 1.807) is 29.6 Å². The lowest BCUT2D eigenvalue weighted by atomic mass is 10.2. The number of benzene rings is 1. The molecule has 0 saturated carbocycles. The van der Waals surface area contributed by atoms with E-state index in [4.69, 9.17) is 0 Å². The molecule has 0 atom stereocenters. The molecular weight excluding hydrogens is 212 g/mol. The molecule has 5 heteroatoms. The fraction of sp³-hybridized carbons (Fsp3) is 0. The van der Waals surface area contributed by atoms with Crippen LogP contribution in [-0.2, 0) is 0 Å². The van der Waals surface area contributed by atoms with Gasteiger partial charge in [-0.1, -0.05) is 29.5 Å². The lowest BCUT2D eigenvalue weighted by Gasteiger charge is -2.00. The molecule has 2 aromatic rings. The number of hydrogen-bond acceptors (Lipinski definition) is 3. The average Bonchev–Trinajstić information content (AvgIpc) is 2.65. The second-order valence-electron chi connectivity index (χ2n) is 2.88. The minimum absolute atomic E-state index is 0.182. The van der Waals surface area contributed by atoms with Crippen LogP contribution >= 0.6 is 11.3 Å². The maximum Gasteiger partial charge on any atom is 0.306 e. The molecule has 1 aromatic heterocycles. The summed E-state index contributed by atoms with van der Waals surface area (Å²) in [5, 5.41) is 4.17. The summed E-state index contributed by atoms with van der Waals surface area (Å²) in [6.45, 7) is 0. The Morgan fingerprint density at radius 1 is 1.27 bits per heavy atom. The summed E-state index contributed by atoms with van der Waals surface area (Å²) < 4.78 is 0. The van der Waals surface area contributed by atoms with Crippen molar-refractivity contribution in [3.63, 3.8) is 0 Å². The summed E-state index contributed by atoms with van der Waals surface area (Å²) in [6.07, 6.45) is 0. The number of thiazole rings is 1. The van der Waals surface area contributed by atoms with E-state index in [2.05, 4.69) is 10.3 Å². The predicted molar refractivity (Wildman–Crippen MR) is 59.3 cm³/mol. The van der Waals surface area contributed by atoms with Crippen LogP contribution in [0.15, 0.2) is 40.5 Å². The first-order valence-electron chi connectivity index (χ1n) is 4.30. The fourth-order valence-corrected chi connectivity index (χ4v) is 1.64. The molecule has 1 heterocycles. The third-order valence-electron chi connectivity index (χ3n) is 1.80. The Labute approximate surface area is 89.6 Å². The molecule has 0 aliphatic heterocycles. The maximum absolute atomic E-state index is 11.6. The van der Waals surface area contributed by atoms with Crippen LogP contribution in [0.3, 0.4) is 0 Å². The van der Waals surface area contributed by atoms with E-state index in [1.165, 1.54) is 0 Å². The van der Waals surface area contributed by atoms with Crippen LogP contribution in [0.25, 0.3) is 0 Å². The van der Waals surface area contributed by atoms with E-state index in [-0.39, 0.29) is 10.8 Å². The van der Waals surface area contributed by atoms with E-state index >= 15 is 0 Å². The highest BCUT2D eigenvalue weighted by Crippen LogP contribution is 2.06. The molecule has 0 unspecified atom stereocenters. The first kappa shape index (κ1) is 9.67. The van der Waals surface area contributed by atoms with Crippen molar-refractivity contribution in [1.29, 1.82) is 0 Å². The smallest absolute Gasteiger partial charge is 0.306 e. The summed E-state index contributed by atoms with van der Waals surface area (Å²) in [6, 6.07) is 8.82. The fourth-order valence-electron chi connectivity index (χ4n) is 1.13. The molecule has 2 rings (SSSR count). The lowest BCUT2D eigenvalue weighted by molar-refractivity contribution is 0.102. The molecular formula is C10H8N2O2S. The molecule has 4 nitrogen and oxygen atoms in total. The van der Waals surface area contributed by atoms with Crippen LogP contribution in [-0.4, -0.2) is 10.9 Å². The van der Waals surface area contributed by atoms with Crippen molar-refractivity contribution in [2.75, 3.05) is 5.32 Å². The summed E-state index contributed by atoms with van der Waals surface area (Å²) in [4.78, 5) is 24.7. The maximum atomic E-state index is 11.6. The van der Waals surface area contributed by atoms with Gasteiger partial charge in [-0.2, -0.15) is 0 Å². The van der Waals surface area contributed by atoms with Gasteiger partial charge in [-0.15, -0.1) is 0 Å². The van der Waals surface area contributed by atoms with Crippen LogP contribution in [0.4, 0.5) is 5.82 Å². The normalized spacial score (nSPS) is 9.87. The molecule has 0 fully saturated rings. The number of hydrogen-bond donors (Lipinski definition) is 2. The van der Waals surface area contributed by atoms with E-state index in [0.29, 0.717) is 11.4 Å². The number of carbonyl (C=O) groups excluding carboxylic acids is 1. The van der Waals surface area contributed by atoms with Crippen molar-refractivity contribution in [3.05, 3.63) is 50.9 Å². The Kier molecular flexibility index (Phi) is 2.64. The van der Waals surface area contributed by atoms with Gasteiger partial charge in [0.25, 0.3) is 5.91 Å². The Morgan fingerprint density at radius 3 is 2.60 bits per heavy atom. The third kappa shape index (κ3) is 2.32. The zero-order valence-electron chi connectivity index (χ0n) is 7.69. The van der Waals surface area contributed by atoms with Crippen molar-refractivity contribution in [1.82, 2.24) is 4.98 Å². The number of aromatic nitrogens is 1. The average molecular weight is 220 g/mol. The highest BCUT2D eigenvalue weighted by Gasteiger charge is 2.05. The zero-order chi connectivity index (χ0) is 10.7. The van der Waals surface area contributed by atoms with Gasteiger partial charge in [-0.05, 0) is 12.1 Å². The number of H-pyrrole nitrogens is 1. The number of nitrogens with one attached hydrogen (secondary N) is 2. The molecule has 0 aliphatic rings. The van der Waals surface area contributed by atoms with Crippen LogP contribution < -0.4 is 10.2 Å². The van der Waals surface area contributed by atoms with Gasteiger partial charge in [0.2, 0.25) is 0 Å². The van der Waals surface area contributed by atoms with Gasteiger partial charge in [0.15, 0.2) is 0 Å². The van der Waals surface area contributed by atoms with Crippen molar-refractivity contribution in [2.45, 2.75) is 0 Å². The van der Waals surface area contributed by atoms with E-state index in [9.17, 15) is 9.59 Å². The van der Waals surface area contributed by atoms with Gasteiger partial charge < -0.3 is 5.32 Å². The third-order valence-corrected chi connectivity index (χ3v) is 2.47. The molecule has 0 radical (unpaired) electrons. The summed E-state index contributed by atoms with van der Waals surface area (Å²) in [7, 11) is 0. The SMILES string of the molecule is O=C(Nc1csc(=O)[nH]1)c1ccccc1. The number of rotatable bonds is 2. The highest BCUT2D eigenvalue weighted by molar-refractivity contribution is 7.07. The predicted octanol–water partition coefficient (Wildman–Crippen LogP) is 1.69. The van der Waals surface area contributed by atoms with Crippen LogP contribution in [0.5, 0.6) is 0 Å². The first-order valence-corrected chi connectivity index (χ1v) is 5.18. The van der Waals surface area contributed by atoms with E-state index < -0.39 is 0 Å². The summed E-state index contributed by atoms with van der Waals surface area (Å²) >= 11 is 1.02. The van der Waals surface area contributed by atoms with Crippen molar-refractivity contribution >= 4 is 23.1 Å². The second-order valence-corrected chi connectivity index (χ2v) is 3.72. The number of carbonyl (C=O) groups is 1. The summed E-state index contributed by atoms with van der Waals surface area (Å²) in [5.41, 5.74) is 0.560. The molecule has 0 spiro atoms. The molecule has 1 amide bonds. The second kappa shape index (κ2) is 4.10. The number of aromatic amines is 1. The molecule has 2 N–H and O–H groups in total. The molecule has 0 bridgehead atoms. The van der Waals surface area contributed by atoms with E-state index in [1.807, 2.05) is 6.07 Å². The lowest BCUT2D eigenvalue weighted by Crippen LogP contribution is -2.12. The standard InChI is InChI=1S/C10H8N2O2S/c13-9(7-4-2-1-3-5-7)11-8-6-15-10(14)12-8/h1-6H,(H,11,13)(H,12,14). The van der Waals surface area contributed by atoms with Crippen LogP contribution in [0.1, 0.15) is 10.4 Å². The summed E-state index contributed by atoms with van der Waals surface area (Å²) in [5.74, 6) is 0.198. The minimum atomic E-state index is -0.232. The van der Waals surface area contributed by atoms with Gasteiger partial charge in [0, 0.05) is 10.9 Å². The molecule has 76 valence electrons. The van der Waals surface area contributed by atoms with Crippen molar-refractivity contribution in [3.8, 4) is 0 Å². The van der Waals surface area contributed by atoms with Gasteiger partial charge in [0.1, 0.15) is 5.82 Å². The zero-order valence-corrected chi connectivity index (χ0v) is 8.51. The van der Waals surface area contributed by atoms with Gasteiger partial charge >= 0.3 is 4.87 Å². The number of anilines is 1. The molecule has 15 heavy (non-hydrogen) atoms. The Balaban J connectivity index is 2.14. The molecule has 0 aliphatic carbocycles.